The quantitative estimate of drug-likeness (QED) is 0.604. The number of aromatic nitrogens is 1. The molecule has 0 spiro atoms. The summed E-state index contributed by atoms with van der Waals surface area (Å²) in [5, 5.41) is 10.2. The first-order chi connectivity index (χ1) is 7.39. The minimum atomic E-state index is -4.52. The molecule has 1 N–H and O–H groups in total. The van der Waals surface area contributed by atoms with E-state index in [-0.39, 0.29) is 16.6 Å². The maximum atomic E-state index is 12.5. The minimum absolute atomic E-state index is 0.193. The van der Waals surface area contributed by atoms with E-state index in [0.29, 0.717) is 0 Å². The second-order valence-corrected chi connectivity index (χ2v) is 3.19. The smallest absolute Gasteiger partial charge is 0.361 e. The zero-order valence-corrected chi connectivity index (χ0v) is 7.71. The van der Waals surface area contributed by atoms with Gasteiger partial charge in [0.15, 0.2) is 0 Å². The van der Waals surface area contributed by atoms with Crippen molar-refractivity contribution in [3.05, 3.63) is 40.1 Å². The number of H-pyrrole nitrogens is 1. The lowest BCUT2D eigenvalue weighted by Gasteiger charge is -2.03. The summed E-state index contributed by atoms with van der Waals surface area (Å²) in [6, 6.07) is 3.32. The summed E-state index contributed by atoms with van der Waals surface area (Å²) in [6.07, 6.45) is -3.72. The summed E-state index contributed by atoms with van der Waals surface area (Å²) < 4.78 is 37.5. The van der Waals surface area contributed by atoms with Crippen LogP contribution in [0.2, 0.25) is 0 Å². The lowest BCUT2D eigenvalue weighted by atomic mass is 10.1. The van der Waals surface area contributed by atoms with E-state index in [0.717, 1.165) is 18.3 Å². The molecule has 84 valence electrons. The minimum Gasteiger partial charge on any atom is -0.361 e. The highest BCUT2D eigenvalue weighted by atomic mass is 19.4. The van der Waals surface area contributed by atoms with Crippen LogP contribution < -0.4 is 0 Å². The fraction of sp³-hybridized carbons (Fsp3) is 0.111. The van der Waals surface area contributed by atoms with Crippen LogP contribution in [0, 0.1) is 10.1 Å². The van der Waals surface area contributed by atoms with Crippen molar-refractivity contribution in [1.82, 2.24) is 4.98 Å². The number of hydrogen-bond acceptors (Lipinski definition) is 2. The van der Waals surface area contributed by atoms with Gasteiger partial charge >= 0.3 is 6.18 Å². The Morgan fingerprint density at radius 3 is 2.56 bits per heavy atom. The second kappa shape index (κ2) is 3.22. The van der Waals surface area contributed by atoms with Crippen molar-refractivity contribution in [1.29, 1.82) is 0 Å². The van der Waals surface area contributed by atoms with Gasteiger partial charge in [0.1, 0.15) is 0 Å². The Morgan fingerprint density at radius 1 is 1.31 bits per heavy atom. The van der Waals surface area contributed by atoms with Crippen LogP contribution in [0.25, 0.3) is 10.9 Å². The van der Waals surface area contributed by atoms with E-state index < -0.39 is 16.7 Å². The summed E-state index contributed by atoms with van der Waals surface area (Å²) in [4.78, 5) is 12.1. The van der Waals surface area contributed by atoms with E-state index in [1.165, 1.54) is 6.07 Å². The molecule has 0 aliphatic heterocycles. The fourth-order valence-electron chi connectivity index (χ4n) is 1.46. The summed E-state index contributed by atoms with van der Waals surface area (Å²) in [5.74, 6) is 0. The van der Waals surface area contributed by atoms with Crippen LogP contribution in [0.3, 0.4) is 0 Å². The lowest BCUT2D eigenvalue weighted by molar-refractivity contribution is -0.384. The molecule has 0 fully saturated rings. The van der Waals surface area contributed by atoms with Gasteiger partial charge in [0, 0.05) is 29.2 Å². The van der Waals surface area contributed by atoms with Crippen LogP contribution in [0.15, 0.2) is 24.4 Å². The molecule has 0 aliphatic rings. The number of hydrogen-bond donors (Lipinski definition) is 1. The number of alkyl halides is 3. The van der Waals surface area contributed by atoms with Gasteiger partial charge in [-0.15, -0.1) is 0 Å². The highest BCUT2D eigenvalue weighted by Gasteiger charge is 2.33. The molecular formula is C9H5F3N2O2. The summed E-state index contributed by atoms with van der Waals surface area (Å²) in [5.41, 5.74) is -1.04. The number of benzene rings is 1. The van der Waals surface area contributed by atoms with Gasteiger partial charge in [-0.2, -0.15) is 13.2 Å². The Balaban J connectivity index is 2.70. The first-order valence-corrected chi connectivity index (χ1v) is 4.22. The molecule has 2 aromatic rings. The molecule has 0 aliphatic carbocycles. The topological polar surface area (TPSA) is 58.9 Å². The molecule has 2 rings (SSSR count). The molecule has 0 bridgehead atoms. The number of aromatic amines is 1. The fourth-order valence-corrected chi connectivity index (χ4v) is 1.46. The van der Waals surface area contributed by atoms with E-state index in [1.807, 2.05) is 0 Å². The molecule has 1 aromatic carbocycles. The summed E-state index contributed by atoms with van der Waals surface area (Å²) in [6.45, 7) is 0. The standard InChI is InChI=1S/C9H5F3N2O2/c10-9(11,12)7-4-13-8-2-1-5(14(15)16)3-6(7)8/h1-4,13H. The average Bonchev–Trinajstić information content (AvgIpc) is 2.58. The molecular weight excluding hydrogens is 225 g/mol. The summed E-state index contributed by atoms with van der Waals surface area (Å²) >= 11 is 0. The number of nitrogens with zero attached hydrogens (tertiary/aromatic N) is 1. The zero-order chi connectivity index (χ0) is 11.9. The molecule has 0 saturated carbocycles. The van der Waals surface area contributed by atoms with Gasteiger partial charge in [0.2, 0.25) is 0 Å². The first kappa shape index (κ1) is 10.5. The number of fused-ring (bicyclic) bond motifs is 1. The second-order valence-electron chi connectivity index (χ2n) is 3.19. The molecule has 1 heterocycles. The average molecular weight is 230 g/mol. The first-order valence-electron chi connectivity index (χ1n) is 4.22. The Labute approximate surface area is 86.8 Å². The predicted octanol–water partition coefficient (Wildman–Crippen LogP) is 3.09. The Kier molecular flexibility index (Phi) is 2.11. The van der Waals surface area contributed by atoms with Crippen LogP contribution in [-0.2, 0) is 6.18 Å². The van der Waals surface area contributed by atoms with Gasteiger partial charge in [-0.25, -0.2) is 0 Å². The summed E-state index contributed by atoms with van der Waals surface area (Å²) in [7, 11) is 0. The molecule has 0 radical (unpaired) electrons. The zero-order valence-electron chi connectivity index (χ0n) is 7.71. The van der Waals surface area contributed by atoms with E-state index >= 15 is 0 Å². The van der Waals surface area contributed by atoms with Crippen molar-refractivity contribution in [2.24, 2.45) is 0 Å². The number of rotatable bonds is 1. The predicted molar refractivity (Wildman–Crippen MR) is 50.0 cm³/mol. The molecule has 0 atom stereocenters. The van der Waals surface area contributed by atoms with Crippen molar-refractivity contribution in [2.75, 3.05) is 0 Å². The monoisotopic (exact) mass is 230 g/mol. The van der Waals surface area contributed by atoms with Gasteiger partial charge in [0.25, 0.3) is 5.69 Å². The molecule has 1 aromatic heterocycles. The highest BCUT2D eigenvalue weighted by molar-refractivity contribution is 5.85. The SMILES string of the molecule is O=[N+]([O-])c1ccc2[nH]cc(C(F)(F)F)c2c1. The van der Waals surface area contributed by atoms with Crippen LogP contribution in [0.4, 0.5) is 18.9 Å². The van der Waals surface area contributed by atoms with Crippen LogP contribution >= 0.6 is 0 Å². The normalized spacial score (nSPS) is 11.9. The third-order valence-electron chi connectivity index (χ3n) is 2.18. The third kappa shape index (κ3) is 1.60. The van der Waals surface area contributed by atoms with E-state index in [9.17, 15) is 23.3 Å². The van der Waals surface area contributed by atoms with E-state index in [1.54, 1.807) is 0 Å². The van der Waals surface area contributed by atoms with Gasteiger partial charge in [0.05, 0.1) is 10.5 Å². The molecule has 4 nitrogen and oxygen atoms in total. The van der Waals surface area contributed by atoms with E-state index in [4.69, 9.17) is 0 Å². The number of nitro benzene ring substituents is 1. The van der Waals surface area contributed by atoms with Crippen molar-refractivity contribution in [2.45, 2.75) is 6.18 Å². The Bertz CT molecular complexity index is 559. The number of halogens is 3. The highest BCUT2D eigenvalue weighted by Crippen LogP contribution is 2.35. The number of nitrogens with one attached hydrogen (secondary N) is 1. The van der Waals surface area contributed by atoms with Gasteiger partial charge < -0.3 is 4.98 Å². The third-order valence-corrected chi connectivity index (χ3v) is 2.18. The maximum Gasteiger partial charge on any atom is 0.418 e. The largest absolute Gasteiger partial charge is 0.418 e. The van der Waals surface area contributed by atoms with Crippen molar-refractivity contribution in [3.63, 3.8) is 0 Å². The van der Waals surface area contributed by atoms with E-state index in [2.05, 4.69) is 4.98 Å². The number of nitro groups is 1. The van der Waals surface area contributed by atoms with Crippen molar-refractivity contribution in [3.8, 4) is 0 Å². The molecule has 0 unspecified atom stereocenters. The van der Waals surface area contributed by atoms with Gasteiger partial charge in [-0.3, -0.25) is 10.1 Å². The maximum absolute atomic E-state index is 12.5. The van der Waals surface area contributed by atoms with Crippen LogP contribution in [0.5, 0.6) is 0 Å². The Morgan fingerprint density at radius 2 is 2.00 bits per heavy atom. The van der Waals surface area contributed by atoms with Gasteiger partial charge in [-0.05, 0) is 6.07 Å². The molecule has 16 heavy (non-hydrogen) atoms. The van der Waals surface area contributed by atoms with Crippen LogP contribution in [-0.4, -0.2) is 9.91 Å². The Hall–Kier alpha value is -2.05. The van der Waals surface area contributed by atoms with Crippen LogP contribution in [0.1, 0.15) is 5.56 Å². The molecule has 0 amide bonds. The molecule has 7 heteroatoms. The lowest BCUT2D eigenvalue weighted by Crippen LogP contribution is -2.03. The van der Waals surface area contributed by atoms with Gasteiger partial charge in [-0.1, -0.05) is 0 Å². The molecule has 0 saturated heterocycles. The van der Waals surface area contributed by atoms with Crippen molar-refractivity contribution >= 4 is 16.6 Å². The number of non-ortho nitro benzene ring substituents is 1. The van der Waals surface area contributed by atoms with Crippen molar-refractivity contribution < 1.29 is 18.1 Å².